The van der Waals surface area contributed by atoms with Crippen LogP contribution in [-0.2, 0) is 0 Å². The molecule has 0 aromatic heterocycles. The number of rotatable bonds is 4. The number of nitrogens with one attached hydrogen (secondary N) is 1. The Morgan fingerprint density at radius 3 is 2.67 bits per heavy atom. The molecular formula is C14H19ClN2O. The largest absolute Gasteiger partial charge is 0.495 e. The van der Waals surface area contributed by atoms with Crippen LogP contribution in [0.4, 0.5) is 0 Å². The summed E-state index contributed by atoms with van der Waals surface area (Å²) < 4.78 is 5.27. The van der Waals surface area contributed by atoms with Crippen molar-refractivity contribution >= 4 is 11.6 Å². The highest BCUT2D eigenvalue weighted by Crippen LogP contribution is 2.57. The molecule has 3 nitrogen and oxygen atoms in total. The Labute approximate surface area is 113 Å². The number of hydrogen-bond donors (Lipinski definition) is 2. The van der Waals surface area contributed by atoms with Crippen LogP contribution >= 0.6 is 11.6 Å². The summed E-state index contributed by atoms with van der Waals surface area (Å²) in [5, 5.41) is 0.645. The molecule has 3 rings (SSSR count). The summed E-state index contributed by atoms with van der Waals surface area (Å²) >= 11 is 6.06. The first-order valence-electron chi connectivity index (χ1n) is 6.52. The number of hydrogen-bond acceptors (Lipinski definition) is 3. The quantitative estimate of drug-likeness (QED) is 0.651. The predicted molar refractivity (Wildman–Crippen MR) is 72.4 cm³/mol. The number of hydrazine groups is 1. The molecule has 3 atom stereocenters. The Hall–Kier alpha value is -0.770. The van der Waals surface area contributed by atoms with E-state index in [0.29, 0.717) is 10.9 Å². The van der Waals surface area contributed by atoms with Crippen LogP contribution in [0.5, 0.6) is 5.75 Å². The van der Waals surface area contributed by atoms with Gasteiger partial charge in [0.2, 0.25) is 0 Å². The summed E-state index contributed by atoms with van der Waals surface area (Å²) in [5.74, 6) is 9.03. The molecule has 1 aromatic carbocycles. The predicted octanol–water partition coefficient (Wildman–Crippen LogP) is 2.90. The van der Waals surface area contributed by atoms with Gasteiger partial charge in [-0.1, -0.05) is 17.7 Å². The van der Waals surface area contributed by atoms with Gasteiger partial charge in [-0.05, 0) is 54.7 Å². The second-order valence-electron chi connectivity index (χ2n) is 5.53. The Bertz CT molecular complexity index is 441. The lowest BCUT2D eigenvalue weighted by Crippen LogP contribution is -2.33. The van der Waals surface area contributed by atoms with E-state index < -0.39 is 0 Å². The van der Waals surface area contributed by atoms with Gasteiger partial charge in [-0.15, -0.1) is 0 Å². The molecule has 2 aliphatic rings. The minimum absolute atomic E-state index is 0.212. The first-order chi connectivity index (χ1) is 8.72. The van der Waals surface area contributed by atoms with E-state index in [1.807, 2.05) is 18.2 Å². The lowest BCUT2D eigenvalue weighted by molar-refractivity contribution is 0.343. The third kappa shape index (κ3) is 2.11. The summed E-state index contributed by atoms with van der Waals surface area (Å²) in [5.41, 5.74) is 4.14. The zero-order valence-corrected chi connectivity index (χ0v) is 11.3. The molecule has 3 unspecified atom stereocenters. The minimum Gasteiger partial charge on any atom is -0.495 e. The highest BCUT2D eigenvalue weighted by molar-refractivity contribution is 6.32. The number of benzene rings is 1. The van der Waals surface area contributed by atoms with Crippen LogP contribution in [0.3, 0.4) is 0 Å². The highest BCUT2D eigenvalue weighted by atomic mass is 35.5. The highest BCUT2D eigenvalue weighted by Gasteiger charge is 2.47. The summed E-state index contributed by atoms with van der Waals surface area (Å²) in [6.07, 6.45) is 4.02. The summed E-state index contributed by atoms with van der Waals surface area (Å²) in [6, 6.07) is 6.13. The van der Waals surface area contributed by atoms with E-state index in [0.717, 1.165) is 17.6 Å². The molecule has 2 aliphatic carbocycles. The molecule has 3 N–H and O–H groups in total. The van der Waals surface area contributed by atoms with Crippen LogP contribution in [0.2, 0.25) is 5.02 Å². The molecule has 0 amide bonds. The molecule has 98 valence electrons. The average Bonchev–Trinajstić information content (AvgIpc) is 2.99. The number of ether oxygens (including phenoxy) is 1. The third-order valence-electron chi connectivity index (χ3n) is 4.47. The Kier molecular flexibility index (Phi) is 3.22. The molecule has 4 heteroatoms. The van der Waals surface area contributed by atoms with E-state index in [1.165, 1.54) is 24.8 Å². The number of nitrogens with two attached hydrogens (primary N) is 1. The number of halogens is 1. The van der Waals surface area contributed by atoms with Gasteiger partial charge in [0.05, 0.1) is 12.1 Å². The molecule has 0 spiro atoms. The number of methoxy groups -OCH3 is 1. The maximum absolute atomic E-state index is 6.06. The van der Waals surface area contributed by atoms with E-state index in [9.17, 15) is 0 Å². The van der Waals surface area contributed by atoms with Crippen molar-refractivity contribution in [3.63, 3.8) is 0 Å². The second kappa shape index (κ2) is 4.72. The topological polar surface area (TPSA) is 47.3 Å². The first-order valence-corrected chi connectivity index (χ1v) is 6.90. The fourth-order valence-electron chi connectivity index (χ4n) is 3.41. The molecule has 0 heterocycles. The molecule has 2 saturated carbocycles. The SMILES string of the molecule is COc1cc(C(NN)C2CC3CC3C2)ccc1Cl. The molecule has 0 bridgehead atoms. The van der Waals surface area contributed by atoms with Crippen LogP contribution in [0.15, 0.2) is 18.2 Å². The van der Waals surface area contributed by atoms with E-state index in [4.69, 9.17) is 22.2 Å². The molecular weight excluding hydrogens is 248 g/mol. The Morgan fingerprint density at radius 2 is 2.06 bits per heavy atom. The Morgan fingerprint density at radius 1 is 1.33 bits per heavy atom. The van der Waals surface area contributed by atoms with E-state index >= 15 is 0 Å². The summed E-state index contributed by atoms with van der Waals surface area (Å²) in [7, 11) is 1.64. The van der Waals surface area contributed by atoms with Crippen molar-refractivity contribution in [2.24, 2.45) is 23.6 Å². The molecule has 0 saturated heterocycles. The number of fused-ring (bicyclic) bond motifs is 1. The standard InChI is InChI=1S/C14H19ClN2O/c1-18-13-7-8(2-3-12(13)15)14(17-16)11-5-9-4-10(9)6-11/h2-3,7,9-11,14,17H,4-6,16H2,1H3. The van der Waals surface area contributed by atoms with E-state index in [2.05, 4.69) is 5.43 Å². The van der Waals surface area contributed by atoms with Crippen LogP contribution in [0.25, 0.3) is 0 Å². The van der Waals surface area contributed by atoms with Gasteiger partial charge in [0.1, 0.15) is 5.75 Å². The van der Waals surface area contributed by atoms with Crippen LogP contribution < -0.4 is 16.0 Å². The smallest absolute Gasteiger partial charge is 0.137 e. The van der Waals surface area contributed by atoms with E-state index in [-0.39, 0.29) is 6.04 Å². The monoisotopic (exact) mass is 266 g/mol. The van der Waals surface area contributed by atoms with Gasteiger partial charge in [0, 0.05) is 6.04 Å². The fraction of sp³-hybridized carbons (Fsp3) is 0.571. The van der Waals surface area contributed by atoms with Crippen molar-refractivity contribution in [3.05, 3.63) is 28.8 Å². The Balaban J connectivity index is 1.82. The average molecular weight is 267 g/mol. The van der Waals surface area contributed by atoms with E-state index in [1.54, 1.807) is 7.11 Å². The maximum atomic E-state index is 6.06. The molecule has 2 fully saturated rings. The van der Waals surface area contributed by atoms with Crippen molar-refractivity contribution in [1.82, 2.24) is 5.43 Å². The van der Waals surface area contributed by atoms with Gasteiger partial charge in [-0.25, -0.2) is 0 Å². The van der Waals surface area contributed by atoms with Gasteiger partial charge in [-0.3, -0.25) is 11.3 Å². The summed E-state index contributed by atoms with van der Waals surface area (Å²) in [4.78, 5) is 0. The van der Waals surface area contributed by atoms with Gasteiger partial charge in [0.15, 0.2) is 0 Å². The van der Waals surface area contributed by atoms with Crippen LogP contribution in [-0.4, -0.2) is 7.11 Å². The van der Waals surface area contributed by atoms with Crippen LogP contribution in [0, 0.1) is 17.8 Å². The molecule has 0 aliphatic heterocycles. The van der Waals surface area contributed by atoms with Gasteiger partial charge in [0.25, 0.3) is 0 Å². The van der Waals surface area contributed by atoms with Crippen molar-refractivity contribution in [2.75, 3.05) is 7.11 Å². The van der Waals surface area contributed by atoms with Gasteiger partial charge >= 0.3 is 0 Å². The molecule has 18 heavy (non-hydrogen) atoms. The first kappa shape index (κ1) is 12.3. The fourth-order valence-corrected chi connectivity index (χ4v) is 3.60. The lowest BCUT2D eigenvalue weighted by atomic mass is 9.89. The van der Waals surface area contributed by atoms with Gasteiger partial charge < -0.3 is 4.74 Å². The van der Waals surface area contributed by atoms with Crippen molar-refractivity contribution < 1.29 is 4.74 Å². The molecule has 1 aromatic rings. The minimum atomic E-state index is 0.212. The van der Waals surface area contributed by atoms with Crippen molar-refractivity contribution in [2.45, 2.75) is 25.3 Å². The summed E-state index contributed by atoms with van der Waals surface area (Å²) in [6.45, 7) is 0. The van der Waals surface area contributed by atoms with Crippen LogP contribution in [0.1, 0.15) is 30.9 Å². The van der Waals surface area contributed by atoms with Gasteiger partial charge in [-0.2, -0.15) is 0 Å². The third-order valence-corrected chi connectivity index (χ3v) is 4.78. The zero-order valence-electron chi connectivity index (χ0n) is 10.5. The molecule has 0 radical (unpaired) electrons. The lowest BCUT2D eigenvalue weighted by Gasteiger charge is -2.25. The van der Waals surface area contributed by atoms with Crippen molar-refractivity contribution in [1.29, 1.82) is 0 Å². The second-order valence-corrected chi connectivity index (χ2v) is 5.93. The van der Waals surface area contributed by atoms with Crippen molar-refractivity contribution in [3.8, 4) is 5.75 Å². The normalized spacial score (nSPS) is 30.9. The maximum Gasteiger partial charge on any atom is 0.137 e. The zero-order chi connectivity index (χ0) is 12.7.